The number of benzene rings is 2. The highest BCUT2D eigenvalue weighted by molar-refractivity contribution is 6.05. The lowest BCUT2D eigenvalue weighted by Gasteiger charge is -2.33. The van der Waals surface area contributed by atoms with E-state index in [1.54, 1.807) is 48.2 Å². The van der Waals surface area contributed by atoms with Gasteiger partial charge in [0.15, 0.2) is 5.82 Å². The molecule has 4 amide bonds. The summed E-state index contributed by atoms with van der Waals surface area (Å²) in [5, 5.41) is 19.7. The first-order valence-electron chi connectivity index (χ1n) is 13.5. The van der Waals surface area contributed by atoms with Crippen molar-refractivity contribution in [3.05, 3.63) is 77.5 Å². The molecule has 0 saturated heterocycles. The first kappa shape index (κ1) is 29.3. The second-order valence-corrected chi connectivity index (χ2v) is 10.9. The number of amides is 4. The number of rotatable bonds is 9. The van der Waals surface area contributed by atoms with Crippen molar-refractivity contribution < 1.29 is 14.4 Å². The van der Waals surface area contributed by atoms with Crippen molar-refractivity contribution in [3.63, 3.8) is 0 Å². The summed E-state index contributed by atoms with van der Waals surface area (Å²) in [6.07, 6.45) is 3.09. The van der Waals surface area contributed by atoms with E-state index in [2.05, 4.69) is 31.5 Å². The summed E-state index contributed by atoms with van der Waals surface area (Å²) in [5.74, 6) is 0.121. The number of fused-ring (bicyclic) bond motifs is 1. The van der Waals surface area contributed by atoms with Gasteiger partial charge in [-0.1, -0.05) is 12.1 Å². The molecule has 2 aromatic carbocycles. The highest BCUT2D eigenvalue weighted by atomic mass is 16.2. The largest absolute Gasteiger partial charge is 0.338 e. The van der Waals surface area contributed by atoms with Crippen LogP contribution in [0.5, 0.6) is 0 Å². The monoisotopic (exact) mass is 558 g/mol. The van der Waals surface area contributed by atoms with Gasteiger partial charge in [0.2, 0.25) is 5.91 Å². The number of carbonyl (C=O) groups is 3. The van der Waals surface area contributed by atoms with E-state index in [0.717, 1.165) is 23.5 Å². The molecular formula is C30H38N8O3. The Hall–Kier alpha value is -4.64. The second kappa shape index (κ2) is 12.3. The van der Waals surface area contributed by atoms with E-state index in [0.29, 0.717) is 29.3 Å². The molecule has 1 aromatic heterocycles. The van der Waals surface area contributed by atoms with Crippen LogP contribution >= 0.6 is 0 Å². The summed E-state index contributed by atoms with van der Waals surface area (Å²) in [5.41, 5.74) is 3.63. The number of nitrogens with zero attached hydrogens (tertiary/aromatic N) is 3. The Morgan fingerprint density at radius 3 is 2.46 bits per heavy atom. The summed E-state index contributed by atoms with van der Waals surface area (Å²) in [7, 11) is 3.95. The zero-order valence-electron chi connectivity index (χ0n) is 24.3. The SMILES string of the molecule is C/C=C/C(=O)Nc1ccc(C(=O)Nc2cccc(Nc3n[nH]c4c3CN(C(=O)NC(C)CN(C)C)C4(C)C)c2)cc1. The predicted molar refractivity (Wildman–Crippen MR) is 161 cm³/mol. The van der Waals surface area contributed by atoms with E-state index >= 15 is 0 Å². The Bertz CT molecular complexity index is 1440. The van der Waals surface area contributed by atoms with E-state index < -0.39 is 5.54 Å². The van der Waals surface area contributed by atoms with Gasteiger partial charge in [0.05, 0.1) is 17.8 Å². The van der Waals surface area contributed by atoms with Gasteiger partial charge in [0.1, 0.15) is 0 Å². The number of allylic oxidation sites excluding steroid dienone is 1. The maximum Gasteiger partial charge on any atom is 0.318 e. The molecule has 1 atom stereocenters. The molecule has 1 unspecified atom stereocenters. The summed E-state index contributed by atoms with van der Waals surface area (Å²) in [6.45, 7) is 8.89. The van der Waals surface area contributed by atoms with Crippen LogP contribution in [0.15, 0.2) is 60.7 Å². The predicted octanol–water partition coefficient (Wildman–Crippen LogP) is 4.63. The van der Waals surface area contributed by atoms with Crippen LogP contribution in [-0.4, -0.2) is 64.5 Å². The Kier molecular flexibility index (Phi) is 8.77. The number of H-pyrrole nitrogens is 1. The summed E-state index contributed by atoms with van der Waals surface area (Å²) < 4.78 is 0. The maximum atomic E-state index is 13.1. The van der Waals surface area contributed by atoms with E-state index in [4.69, 9.17) is 0 Å². The molecular weight excluding hydrogens is 520 g/mol. The summed E-state index contributed by atoms with van der Waals surface area (Å²) in [6, 6.07) is 13.9. The van der Waals surface area contributed by atoms with Crippen LogP contribution in [0.25, 0.3) is 0 Å². The van der Waals surface area contributed by atoms with Gasteiger partial charge in [-0.3, -0.25) is 14.7 Å². The number of carbonyl (C=O) groups excluding carboxylic acids is 3. The summed E-state index contributed by atoms with van der Waals surface area (Å²) >= 11 is 0. The molecule has 216 valence electrons. The number of aromatic nitrogens is 2. The molecule has 0 saturated carbocycles. The van der Waals surface area contributed by atoms with Gasteiger partial charge in [0.25, 0.3) is 5.91 Å². The molecule has 0 fully saturated rings. The highest BCUT2D eigenvalue weighted by Gasteiger charge is 2.44. The van der Waals surface area contributed by atoms with E-state index in [1.807, 2.05) is 58.0 Å². The number of aromatic amines is 1. The van der Waals surface area contributed by atoms with Crippen LogP contribution in [0.4, 0.5) is 27.7 Å². The third kappa shape index (κ3) is 6.93. The molecule has 0 spiro atoms. The minimum atomic E-state index is -0.564. The van der Waals surface area contributed by atoms with Crippen molar-refractivity contribution in [1.82, 2.24) is 25.3 Å². The molecule has 1 aliphatic heterocycles. The lowest BCUT2D eigenvalue weighted by molar-refractivity contribution is -0.111. The standard InChI is InChI=1S/C30H38N8O3/c1-7-9-25(39)32-21-14-12-20(13-15-21)28(40)34-23-11-8-10-22(16-23)33-27-24-18-38(30(3,4)26(24)35-36-27)29(41)31-19(2)17-37(5)6/h7-16,19H,17-18H2,1-6H3,(H,31,41)(H,32,39)(H,34,40)(H2,33,35,36)/b9-7+. The molecule has 1 aliphatic rings. The van der Waals surface area contributed by atoms with E-state index in [-0.39, 0.29) is 23.9 Å². The van der Waals surface area contributed by atoms with Crippen molar-refractivity contribution >= 4 is 40.7 Å². The third-order valence-electron chi connectivity index (χ3n) is 6.84. The minimum Gasteiger partial charge on any atom is -0.338 e. The maximum absolute atomic E-state index is 13.1. The first-order valence-corrected chi connectivity index (χ1v) is 13.5. The fourth-order valence-corrected chi connectivity index (χ4v) is 4.88. The Balaban J connectivity index is 1.42. The normalized spacial score (nSPS) is 14.6. The second-order valence-electron chi connectivity index (χ2n) is 10.9. The molecule has 3 aromatic rings. The fraction of sp³-hybridized carbons (Fsp3) is 0.333. The molecule has 41 heavy (non-hydrogen) atoms. The molecule has 4 rings (SSSR count). The number of urea groups is 1. The van der Waals surface area contributed by atoms with Gasteiger partial charge in [-0.25, -0.2) is 4.79 Å². The van der Waals surface area contributed by atoms with Gasteiger partial charge in [-0.2, -0.15) is 5.10 Å². The Labute approximate surface area is 240 Å². The number of anilines is 4. The number of hydrogen-bond donors (Lipinski definition) is 5. The quantitative estimate of drug-likeness (QED) is 0.243. The van der Waals surface area contributed by atoms with Crippen molar-refractivity contribution in [2.75, 3.05) is 36.6 Å². The lowest BCUT2D eigenvalue weighted by Crippen LogP contribution is -2.50. The smallest absolute Gasteiger partial charge is 0.318 e. The van der Waals surface area contributed by atoms with E-state index in [9.17, 15) is 14.4 Å². The zero-order valence-corrected chi connectivity index (χ0v) is 24.3. The van der Waals surface area contributed by atoms with Crippen molar-refractivity contribution in [2.45, 2.75) is 45.8 Å². The highest BCUT2D eigenvalue weighted by Crippen LogP contribution is 2.41. The van der Waals surface area contributed by atoms with Crippen LogP contribution < -0.4 is 21.3 Å². The van der Waals surface area contributed by atoms with Crippen LogP contribution in [0, 0.1) is 0 Å². The van der Waals surface area contributed by atoms with Gasteiger partial charge >= 0.3 is 6.03 Å². The molecule has 11 nitrogen and oxygen atoms in total. The summed E-state index contributed by atoms with van der Waals surface area (Å²) in [4.78, 5) is 41.5. The number of hydrogen-bond acceptors (Lipinski definition) is 6. The molecule has 0 aliphatic carbocycles. The zero-order chi connectivity index (χ0) is 29.7. The average molecular weight is 559 g/mol. The Morgan fingerprint density at radius 2 is 1.78 bits per heavy atom. The van der Waals surface area contributed by atoms with Gasteiger partial charge in [0, 0.05) is 40.8 Å². The first-order chi connectivity index (χ1) is 19.5. The number of nitrogens with one attached hydrogen (secondary N) is 5. The van der Waals surface area contributed by atoms with Crippen LogP contribution in [0.2, 0.25) is 0 Å². The van der Waals surface area contributed by atoms with Crippen molar-refractivity contribution in [3.8, 4) is 0 Å². The van der Waals surface area contributed by atoms with Crippen molar-refractivity contribution in [2.24, 2.45) is 0 Å². The fourth-order valence-electron chi connectivity index (χ4n) is 4.88. The number of likely N-dealkylation sites (N-methyl/N-ethyl adjacent to an activating group) is 1. The van der Waals surface area contributed by atoms with Crippen LogP contribution in [0.3, 0.4) is 0 Å². The lowest BCUT2D eigenvalue weighted by atomic mass is 10.0. The van der Waals surface area contributed by atoms with Gasteiger partial charge in [-0.15, -0.1) is 0 Å². The molecule has 0 radical (unpaired) electrons. The van der Waals surface area contributed by atoms with Gasteiger partial charge in [-0.05, 0) is 90.3 Å². The molecule has 11 heteroatoms. The van der Waals surface area contributed by atoms with Crippen LogP contribution in [0.1, 0.15) is 49.3 Å². The molecule has 5 N–H and O–H groups in total. The molecule has 0 bridgehead atoms. The third-order valence-corrected chi connectivity index (χ3v) is 6.84. The molecule has 2 heterocycles. The topological polar surface area (TPSA) is 134 Å². The van der Waals surface area contributed by atoms with Gasteiger partial charge < -0.3 is 31.1 Å². The van der Waals surface area contributed by atoms with Crippen LogP contribution in [-0.2, 0) is 16.9 Å². The average Bonchev–Trinajstić information content (AvgIpc) is 3.41. The van der Waals surface area contributed by atoms with E-state index in [1.165, 1.54) is 6.08 Å². The van der Waals surface area contributed by atoms with Crippen molar-refractivity contribution in [1.29, 1.82) is 0 Å². The Morgan fingerprint density at radius 1 is 1.07 bits per heavy atom. The minimum absolute atomic E-state index is 0.00272.